The van der Waals surface area contributed by atoms with Crippen molar-refractivity contribution in [1.82, 2.24) is 0 Å². The second kappa shape index (κ2) is 6.09. The van der Waals surface area contributed by atoms with E-state index in [2.05, 4.69) is 17.4 Å². The number of carbonyl (C=O) groups is 1. The molecule has 0 aliphatic carbocycles. The molecule has 3 heteroatoms. The van der Waals surface area contributed by atoms with Gasteiger partial charge in [-0.2, -0.15) is 0 Å². The summed E-state index contributed by atoms with van der Waals surface area (Å²) < 4.78 is 5.40. The standard InChI is InChI=1S/C18H15NO2/c20-13-17-10-11-18(21-17)15-6-8-16(9-7-15)19-12-14-4-2-1-3-5-14/h1-11,13,19H,12H2. The Labute approximate surface area is 123 Å². The van der Waals surface area contributed by atoms with Gasteiger partial charge in [-0.05, 0) is 42.0 Å². The number of hydrogen-bond donors (Lipinski definition) is 1. The number of nitrogens with one attached hydrogen (secondary N) is 1. The molecule has 1 heterocycles. The predicted molar refractivity (Wildman–Crippen MR) is 83.3 cm³/mol. The lowest BCUT2D eigenvalue weighted by atomic mass is 10.1. The van der Waals surface area contributed by atoms with E-state index in [1.54, 1.807) is 12.1 Å². The number of carbonyl (C=O) groups excluding carboxylic acids is 1. The van der Waals surface area contributed by atoms with Crippen LogP contribution in [0.2, 0.25) is 0 Å². The van der Waals surface area contributed by atoms with E-state index in [4.69, 9.17) is 4.42 Å². The lowest BCUT2D eigenvalue weighted by Crippen LogP contribution is -1.98. The van der Waals surface area contributed by atoms with Gasteiger partial charge in [0.25, 0.3) is 0 Å². The Hall–Kier alpha value is -2.81. The van der Waals surface area contributed by atoms with E-state index in [1.807, 2.05) is 42.5 Å². The first-order valence-electron chi connectivity index (χ1n) is 6.78. The molecule has 0 atom stereocenters. The molecule has 1 aromatic heterocycles. The minimum Gasteiger partial charge on any atom is -0.453 e. The first-order valence-corrected chi connectivity index (χ1v) is 6.78. The minimum absolute atomic E-state index is 0.344. The number of hydrogen-bond acceptors (Lipinski definition) is 3. The zero-order valence-electron chi connectivity index (χ0n) is 11.5. The van der Waals surface area contributed by atoms with Gasteiger partial charge in [0.05, 0.1) is 0 Å². The molecule has 3 aromatic rings. The third kappa shape index (κ3) is 3.20. The van der Waals surface area contributed by atoms with Gasteiger partial charge in [-0.1, -0.05) is 30.3 Å². The molecular weight excluding hydrogens is 262 g/mol. The van der Waals surface area contributed by atoms with Gasteiger partial charge >= 0.3 is 0 Å². The van der Waals surface area contributed by atoms with Crippen LogP contribution in [-0.4, -0.2) is 6.29 Å². The lowest BCUT2D eigenvalue weighted by molar-refractivity contribution is 0.110. The normalized spacial score (nSPS) is 10.3. The summed E-state index contributed by atoms with van der Waals surface area (Å²) in [6, 6.07) is 21.7. The molecule has 3 nitrogen and oxygen atoms in total. The monoisotopic (exact) mass is 277 g/mol. The molecule has 0 saturated heterocycles. The molecule has 0 unspecified atom stereocenters. The fourth-order valence-electron chi connectivity index (χ4n) is 2.12. The molecule has 21 heavy (non-hydrogen) atoms. The summed E-state index contributed by atoms with van der Waals surface area (Å²) >= 11 is 0. The van der Waals surface area contributed by atoms with Gasteiger partial charge in [0.15, 0.2) is 12.0 Å². The smallest absolute Gasteiger partial charge is 0.185 e. The topological polar surface area (TPSA) is 42.2 Å². The average molecular weight is 277 g/mol. The first kappa shape index (κ1) is 13.2. The number of rotatable bonds is 5. The molecule has 0 saturated carbocycles. The van der Waals surface area contributed by atoms with Crippen molar-refractivity contribution in [1.29, 1.82) is 0 Å². The molecule has 3 rings (SSSR count). The molecule has 0 bridgehead atoms. The predicted octanol–water partition coefficient (Wildman–Crippen LogP) is 4.37. The van der Waals surface area contributed by atoms with Gasteiger partial charge < -0.3 is 9.73 Å². The fraction of sp³-hybridized carbons (Fsp3) is 0.0556. The van der Waals surface area contributed by atoms with Crippen LogP contribution in [0, 0.1) is 0 Å². The highest BCUT2D eigenvalue weighted by Gasteiger charge is 2.04. The van der Waals surface area contributed by atoms with Gasteiger partial charge in [0.1, 0.15) is 5.76 Å². The summed E-state index contributed by atoms with van der Waals surface area (Å²) in [5.41, 5.74) is 3.24. The van der Waals surface area contributed by atoms with Crippen molar-refractivity contribution in [2.75, 3.05) is 5.32 Å². The summed E-state index contributed by atoms with van der Waals surface area (Å²) in [6.45, 7) is 0.788. The molecule has 104 valence electrons. The van der Waals surface area contributed by atoms with Gasteiger partial charge in [0.2, 0.25) is 0 Å². The maximum Gasteiger partial charge on any atom is 0.185 e. The van der Waals surface area contributed by atoms with Crippen LogP contribution in [0.1, 0.15) is 16.1 Å². The molecule has 0 radical (unpaired) electrons. The Bertz CT molecular complexity index is 714. The van der Waals surface area contributed by atoms with Crippen LogP contribution in [0.5, 0.6) is 0 Å². The van der Waals surface area contributed by atoms with Gasteiger partial charge in [0, 0.05) is 17.8 Å². The van der Waals surface area contributed by atoms with Crippen molar-refractivity contribution in [3.8, 4) is 11.3 Å². The lowest BCUT2D eigenvalue weighted by Gasteiger charge is -2.07. The minimum atomic E-state index is 0.344. The first-order chi connectivity index (χ1) is 10.3. The van der Waals surface area contributed by atoms with E-state index in [9.17, 15) is 4.79 Å². The SMILES string of the molecule is O=Cc1ccc(-c2ccc(NCc3ccccc3)cc2)o1. The van der Waals surface area contributed by atoms with Crippen molar-refractivity contribution in [2.24, 2.45) is 0 Å². The van der Waals surface area contributed by atoms with Crippen molar-refractivity contribution in [2.45, 2.75) is 6.54 Å². The summed E-state index contributed by atoms with van der Waals surface area (Å²) in [7, 11) is 0. The van der Waals surface area contributed by atoms with E-state index >= 15 is 0 Å². The van der Waals surface area contributed by atoms with Crippen LogP contribution >= 0.6 is 0 Å². The average Bonchev–Trinajstić information content (AvgIpc) is 3.03. The van der Waals surface area contributed by atoms with E-state index < -0.39 is 0 Å². The Morgan fingerprint density at radius 2 is 1.67 bits per heavy atom. The molecule has 0 spiro atoms. The molecule has 2 aromatic carbocycles. The molecule has 1 N–H and O–H groups in total. The fourth-order valence-corrected chi connectivity index (χ4v) is 2.12. The van der Waals surface area contributed by atoms with Gasteiger partial charge in [-0.25, -0.2) is 0 Å². The second-order valence-corrected chi connectivity index (χ2v) is 4.74. The summed E-state index contributed by atoms with van der Waals surface area (Å²) in [5.74, 6) is 1.04. The Kier molecular flexibility index (Phi) is 3.83. The summed E-state index contributed by atoms with van der Waals surface area (Å²) in [6.07, 6.45) is 0.708. The van der Waals surface area contributed by atoms with Crippen LogP contribution in [0.4, 0.5) is 5.69 Å². The van der Waals surface area contributed by atoms with Crippen molar-refractivity contribution >= 4 is 12.0 Å². The third-order valence-electron chi connectivity index (χ3n) is 3.25. The third-order valence-corrected chi connectivity index (χ3v) is 3.25. The van der Waals surface area contributed by atoms with E-state index in [-0.39, 0.29) is 0 Å². The maximum atomic E-state index is 10.6. The van der Waals surface area contributed by atoms with Gasteiger partial charge in [-0.15, -0.1) is 0 Å². The van der Waals surface area contributed by atoms with Crippen LogP contribution < -0.4 is 5.32 Å². The Morgan fingerprint density at radius 1 is 0.905 bits per heavy atom. The molecule has 0 aliphatic rings. The number of anilines is 1. The highest BCUT2D eigenvalue weighted by atomic mass is 16.3. The molecule has 0 aliphatic heterocycles. The number of aldehydes is 1. The van der Waals surface area contributed by atoms with Crippen molar-refractivity contribution in [3.05, 3.63) is 78.1 Å². The zero-order chi connectivity index (χ0) is 14.5. The molecule has 0 amide bonds. The van der Waals surface area contributed by atoms with E-state index in [0.29, 0.717) is 17.8 Å². The highest BCUT2D eigenvalue weighted by molar-refractivity contribution is 5.73. The largest absolute Gasteiger partial charge is 0.453 e. The highest BCUT2D eigenvalue weighted by Crippen LogP contribution is 2.23. The van der Waals surface area contributed by atoms with Crippen LogP contribution in [-0.2, 0) is 6.54 Å². The quantitative estimate of drug-likeness (QED) is 0.704. The van der Waals surface area contributed by atoms with E-state index in [1.165, 1.54) is 5.56 Å². The van der Waals surface area contributed by atoms with Crippen LogP contribution in [0.25, 0.3) is 11.3 Å². The van der Waals surface area contributed by atoms with Crippen LogP contribution in [0.15, 0.2) is 71.1 Å². The Balaban J connectivity index is 1.68. The number of furan rings is 1. The zero-order valence-corrected chi connectivity index (χ0v) is 11.5. The van der Waals surface area contributed by atoms with Crippen molar-refractivity contribution < 1.29 is 9.21 Å². The molecular formula is C18H15NO2. The molecule has 0 fully saturated rings. The maximum absolute atomic E-state index is 10.6. The van der Waals surface area contributed by atoms with Crippen LogP contribution in [0.3, 0.4) is 0 Å². The summed E-state index contributed by atoms with van der Waals surface area (Å²) in [4.78, 5) is 10.6. The Morgan fingerprint density at radius 3 is 2.33 bits per heavy atom. The number of benzene rings is 2. The van der Waals surface area contributed by atoms with E-state index in [0.717, 1.165) is 17.8 Å². The second-order valence-electron chi connectivity index (χ2n) is 4.74. The van der Waals surface area contributed by atoms with Crippen molar-refractivity contribution in [3.63, 3.8) is 0 Å². The van der Waals surface area contributed by atoms with Gasteiger partial charge in [-0.3, -0.25) is 4.79 Å². The summed E-state index contributed by atoms with van der Waals surface area (Å²) in [5, 5.41) is 3.37.